The second-order valence-corrected chi connectivity index (χ2v) is 3.09. The molecule has 6 nitrogen and oxygen atoms in total. The third-order valence-electron chi connectivity index (χ3n) is 1.91. The Bertz CT molecular complexity index is 489. The van der Waals surface area contributed by atoms with E-state index in [1.807, 2.05) is 0 Å². The van der Waals surface area contributed by atoms with Crippen LogP contribution >= 0.6 is 0 Å². The van der Waals surface area contributed by atoms with Crippen molar-refractivity contribution in [2.45, 2.75) is 0 Å². The Morgan fingerprint density at radius 2 is 1.94 bits per heavy atom. The summed E-state index contributed by atoms with van der Waals surface area (Å²) in [6, 6.07) is 3.39. The zero-order valence-corrected chi connectivity index (χ0v) is 8.88. The van der Waals surface area contributed by atoms with E-state index in [0.29, 0.717) is 6.08 Å². The maximum absolute atomic E-state index is 11.1. The summed E-state index contributed by atoms with van der Waals surface area (Å²) in [5, 5.41) is 27.9. The van der Waals surface area contributed by atoms with Crippen molar-refractivity contribution in [3.05, 3.63) is 29.8 Å². The normalized spacial score (nSPS) is 11.0. The third-order valence-corrected chi connectivity index (χ3v) is 1.91. The number of carbonyl (C=O) groups excluding carboxylic acids is 2. The van der Waals surface area contributed by atoms with E-state index < -0.39 is 23.3 Å². The first kappa shape index (κ1) is 12.6. The second kappa shape index (κ2) is 5.02. The standard InChI is InChI=1S/C11H10O6/c1-17-11(16)10(15)5-9(14)7-3-2-6(12)4-8(7)13/h2-5,12-14H,1H3/b9-5-. The van der Waals surface area contributed by atoms with Gasteiger partial charge in [-0.05, 0) is 12.1 Å². The first-order valence-corrected chi connectivity index (χ1v) is 4.51. The minimum absolute atomic E-state index is 0.0833. The van der Waals surface area contributed by atoms with Gasteiger partial charge in [-0.3, -0.25) is 4.79 Å². The molecule has 0 bridgehead atoms. The van der Waals surface area contributed by atoms with Gasteiger partial charge in [0.15, 0.2) is 0 Å². The van der Waals surface area contributed by atoms with Crippen LogP contribution in [-0.4, -0.2) is 34.2 Å². The van der Waals surface area contributed by atoms with Crippen LogP contribution in [0.3, 0.4) is 0 Å². The minimum atomic E-state index is -1.13. The lowest BCUT2D eigenvalue weighted by atomic mass is 10.1. The van der Waals surface area contributed by atoms with Crippen LogP contribution in [-0.2, 0) is 14.3 Å². The number of esters is 1. The highest BCUT2D eigenvalue weighted by molar-refractivity contribution is 6.39. The van der Waals surface area contributed by atoms with Gasteiger partial charge in [-0.1, -0.05) is 0 Å². The molecule has 0 aromatic heterocycles. The molecule has 1 aromatic rings. The van der Waals surface area contributed by atoms with Gasteiger partial charge in [-0.15, -0.1) is 0 Å². The fraction of sp³-hybridized carbons (Fsp3) is 0.0909. The number of ketones is 1. The van der Waals surface area contributed by atoms with Gasteiger partial charge in [0.2, 0.25) is 0 Å². The van der Waals surface area contributed by atoms with Crippen molar-refractivity contribution in [3.8, 4) is 11.5 Å². The van der Waals surface area contributed by atoms with E-state index >= 15 is 0 Å². The van der Waals surface area contributed by atoms with Gasteiger partial charge in [0.1, 0.15) is 17.3 Å². The zero-order chi connectivity index (χ0) is 13.0. The Balaban J connectivity index is 3.04. The molecule has 0 saturated carbocycles. The summed E-state index contributed by atoms with van der Waals surface area (Å²) in [6.07, 6.45) is 0.623. The van der Waals surface area contributed by atoms with Crippen LogP contribution in [0.2, 0.25) is 0 Å². The van der Waals surface area contributed by atoms with Gasteiger partial charge in [-0.2, -0.15) is 0 Å². The van der Waals surface area contributed by atoms with Gasteiger partial charge >= 0.3 is 5.97 Å². The van der Waals surface area contributed by atoms with E-state index in [1.165, 1.54) is 12.1 Å². The van der Waals surface area contributed by atoms with E-state index in [-0.39, 0.29) is 11.3 Å². The number of methoxy groups -OCH3 is 1. The third kappa shape index (κ3) is 2.97. The molecule has 0 heterocycles. The molecule has 0 atom stereocenters. The number of rotatable bonds is 3. The first-order valence-electron chi connectivity index (χ1n) is 4.51. The molecule has 90 valence electrons. The molecule has 0 aliphatic rings. The van der Waals surface area contributed by atoms with Crippen molar-refractivity contribution < 1.29 is 29.6 Å². The lowest BCUT2D eigenvalue weighted by Gasteiger charge is -2.03. The summed E-state index contributed by atoms with van der Waals surface area (Å²) >= 11 is 0. The van der Waals surface area contributed by atoms with Crippen molar-refractivity contribution >= 4 is 17.5 Å². The van der Waals surface area contributed by atoms with Gasteiger partial charge < -0.3 is 20.1 Å². The topological polar surface area (TPSA) is 104 Å². The van der Waals surface area contributed by atoms with Crippen molar-refractivity contribution in [2.24, 2.45) is 0 Å². The second-order valence-electron chi connectivity index (χ2n) is 3.09. The van der Waals surface area contributed by atoms with Crippen LogP contribution in [0.1, 0.15) is 5.56 Å². The molecule has 0 spiro atoms. The predicted octanol–water partition coefficient (Wildman–Crippen LogP) is 0.739. The quantitative estimate of drug-likeness (QED) is 0.310. The molecule has 0 fully saturated rings. The number of phenols is 2. The Labute approximate surface area is 96.4 Å². The lowest BCUT2D eigenvalue weighted by Crippen LogP contribution is -2.13. The van der Waals surface area contributed by atoms with Crippen molar-refractivity contribution in [1.82, 2.24) is 0 Å². The summed E-state index contributed by atoms with van der Waals surface area (Å²) in [4.78, 5) is 21.9. The summed E-state index contributed by atoms with van der Waals surface area (Å²) < 4.78 is 4.15. The summed E-state index contributed by atoms with van der Waals surface area (Å²) in [6.45, 7) is 0. The van der Waals surface area contributed by atoms with E-state index in [2.05, 4.69) is 4.74 Å². The van der Waals surface area contributed by atoms with Crippen molar-refractivity contribution in [1.29, 1.82) is 0 Å². The first-order chi connectivity index (χ1) is 7.95. The number of carbonyl (C=O) groups is 2. The van der Waals surface area contributed by atoms with Gasteiger partial charge in [-0.25, -0.2) is 4.79 Å². The Morgan fingerprint density at radius 3 is 2.47 bits per heavy atom. The Hall–Kier alpha value is -2.50. The van der Waals surface area contributed by atoms with Gasteiger partial charge in [0.05, 0.1) is 12.7 Å². The SMILES string of the molecule is COC(=O)C(=O)/C=C(\O)c1ccc(O)cc1O. The van der Waals surface area contributed by atoms with Crippen LogP contribution in [0.5, 0.6) is 11.5 Å². The van der Waals surface area contributed by atoms with Crippen LogP contribution in [0.25, 0.3) is 5.76 Å². The molecule has 17 heavy (non-hydrogen) atoms. The lowest BCUT2D eigenvalue weighted by molar-refractivity contribution is -0.149. The fourth-order valence-electron chi connectivity index (χ4n) is 1.10. The molecule has 3 N–H and O–H groups in total. The number of hydrogen-bond acceptors (Lipinski definition) is 6. The van der Waals surface area contributed by atoms with Crippen LogP contribution in [0, 0.1) is 0 Å². The highest BCUT2D eigenvalue weighted by atomic mass is 16.5. The molecule has 0 amide bonds. The number of aromatic hydroxyl groups is 2. The molecular formula is C11H10O6. The van der Waals surface area contributed by atoms with Crippen LogP contribution in [0.15, 0.2) is 24.3 Å². The Kier molecular flexibility index (Phi) is 3.71. The molecule has 0 saturated heterocycles. The molecule has 0 unspecified atom stereocenters. The van der Waals surface area contributed by atoms with E-state index in [1.54, 1.807) is 0 Å². The number of hydrogen-bond donors (Lipinski definition) is 3. The maximum atomic E-state index is 11.1. The molecular weight excluding hydrogens is 228 g/mol. The number of benzene rings is 1. The van der Waals surface area contributed by atoms with Crippen molar-refractivity contribution in [3.63, 3.8) is 0 Å². The maximum Gasteiger partial charge on any atom is 0.378 e. The molecule has 1 aromatic carbocycles. The highest BCUT2D eigenvalue weighted by Gasteiger charge is 2.14. The van der Waals surface area contributed by atoms with E-state index in [0.717, 1.165) is 13.2 Å². The van der Waals surface area contributed by atoms with E-state index in [4.69, 9.17) is 5.11 Å². The monoisotopic (exact) mass is 238 g/mol. The molecule has 0 radical (unpaired) electrons. The molecule has 6 heteroatoms. The number of aliphatic hydroxyl groups excluding tert-OH is 1. The average molecular weight is 238 g/mol. The van der Waals surface area contributed by atoms with E-state index in [9.17, 15) is 19.8 Å². The number of aliphatic hydroxyl groups is 1. The van der Waals surface area contributed by atoms with Crippen LogP contribution in [0.4, 0.5) is 0 Å². The zero-order valence-electron chi connectivity index (χ0n) is 8.88. The average Bonchev–Trinajstić information content (AvgIpc) is 2.27. The molecule has 0 aliphatic heterocycles. The smallest absolute Gasteiger partial charge is 0.378 e. The summed E-state index contributed by atoms with van der Waals surface area (Å²) in [5.41, 5.74) is -0.0833. The molecule has 1 rings (SSSR count). The van der Waals surface area contributed by atoms with Crippen molar-refractivity contribution in [2.75, 3.05) is 7.11 Å². The number of ether oxygens (including phenoxy) is 1. The highest BCUT2D eigenvalue weighted by Crippen LogP contribution is 2.27. The molecule has 0 aliphatic carbocycles. The fourth-order valence-corrected chi connectivity index (χ4v) is 1.10. The predicted molar refractivity (Wildman–Crippen MR) is 57.4 cm³/mol. The largest absolute Gasteiger partial charge is 0.508 e. The van der Waals surface area contributed by atoms with Gasteiger partial charge in [0.25, 0.3) is 5.78 Å². The van der Waals surface area contributed by atoms with Gasteiger partial charge in [0, 0.05) is 12.1 Å². The summed E-state index contributed by atoms with van der Waals surface area (Å²) in [7, 11) is 1.03. The number of phenolic OH excluding ortho intramolecular Hbond substituents is 2. The Morgan fingerprint density at radius 1 is 1.29 bits per heavy atom. The minimum Gasteiger partial charge on any atom is -0.508 e. The van der Waals surface area contributed by atoms with Crippen LogP contribution < -0.4 is 0 Å². The summed E-state index contributed by atoms with van der Waals surface area (Å²) in [5.74, 6) is -3.40.